The molecule has 1 aliphatic rings. The first-order valence-corrected chi connectivity index (χ1v) is 7.35. The van der Waals surface area contributed by atoms with Crippen LogP contribution < -0.4 is 5.73 Å². The van der Waals surface area contributed by atoms with Gasteiger partial charge in [-0.15, -0.1) is 0 Å². The molecule has 1 saturated heterocycles. The summed E-state index contributed by atoms with van der Waals surface area (Å²) in [7, 11) is 0. The summed E-state index contributed by atoms with van der Waals surface area (Å²) in [5, 5.41) is 19.7. The molecule has 114 valence electrons. The first-order valence-electron chi connectivity index (χ1n) is 6.27. The lowest BCUT2D eigenvalue weighted by atomic mass is 9.98. The molecular weight excluding hydrogens is 394 g/mol. The van der Waals surface area contributed by atoms with Crippen LogP contribution in [0.25, 0.3) is 11.0 Å². The van der Waals surface area contributed by atoms with E-state index in [4.69, 9.17) is 10.5 Å². The van der Waals surface area contributed by atoms with Crippen LogP contribution in [0, 0.1) is 3.57 Å². The fourth-order valence-electron chi connectivity index (χ4n) is 2.60. The van der Waals surface area contributed by atoms with Crippen LogP contribution in [0.1, 0.15) is 13.2 Å². The van der Waals surface area contributed by atoms with Crippen LogP contribution in [0.5, 0.6) is 0 Å². The number of hydrogen-bond donors (Lipinski definition) is 3. The summed E-state index contributed by atoms with van der Waals surface area (Å²) in [5.41, 5.74) is 4.18. The Morgan fingerprint density at radius 3 is 2.90 bits per heavy atom. The molecule has 0 spiro atoms. The number of fused-ring (bicyclic) bond motifs is 1. The number of rotatable bonds is 2. The van der Waals surface area contributed by atoms with Crippen LogP contribution in [-0.2, 0) is 4.74 Å². The smallest absolute Gasteiger partial charge is 0.181 e. The number of nitrogens with two attached hydrogens (primary N) is 1. The zero-order chi connectivity index (χ0) is 15.4. The topological polar surface area (TPSA) is 106 Å². The van der Waals surface area contributed by atoms with E-state index >= 15 is 0 Å². The standard InChI is InChI=1S/C12H14FIN4O3/c1-12(13)8(20)6(3-19)21-11(12)18-2-5(14)7-9(15)16-4-17-10(7)18/h2,4,6,8,11,19-20H,3H2,1H3,(H2,15,16,17)/t6-,8-,11-,12+/m1/s1. The van der Waals surface area contributed by atoms with Crippen molar-refractivity contribution in [3.05, 3.63) is 16.1 Å². The van der Waals surface area contributed by atoms with Crippen LogP contribution >= 0.6 is 22.6 Å². The fraction of sp³-hybridized carbons (Fsp3) is 0.500. The maximum absolute atomic E-state index is 14.8. The quantitative estimate of drug-likeness (QED) is 0.629. The third-order valence-electron chi connectivity index (χ3n) is 3.74. The number of anilines is 1. The Bertz CT molecular complexity index is 692. The minimum Gasteiger partial charge on any atom is -0.394 e. The van der Waals surface area contributed by atoms with E-state index in [9.17, 15) is 14.6 Å². The zero-order valence-corrected chi connectivity index (χ0v) is 13.2. The van der Waals surface area contributed by atoms with E-state index < -0.39 is 30.7 Å². The second-order valence-corrected chi connectivity index (χ2v) is 6.31. The van der Waals surface area contributed by atoms with Gasteiger partial charge in [-0.3, -0.25) is 0 Å². The van der Waals surface area contributed by atoms with E-state index in [0.717, 1.165) is 3.57 Å². The van der Waals surface area contributed by atoms with Gasteiger partial charge in [-0.1, -0.05) is 0 Å². The highest BCUT2D eigenvalue weighted by Gasteiger charge is 2.55. The molecule has 21 heavy (non-hydrogen) atoms. The number of aliphatic hydroxyl groups is 2. The van der Waals surface area contributed by atoms with E-state index in [2.05, 4.69) is 32.6 Å². The minimum absolute atomic E-state index is 0.293. The lowest BCUT2D eigenvalue weighted by Gasteiger charge is -2.25. The predicted octanol–water partition coefficient (Wildman–Crippen LogP) is 0.597. The number of halogens is 2. The minimum atomic E-state index is -2.07. The van der Waals surface area contributed by atoms with Crippen LogP contribution in [0.15, 0.2) is 12.5 Å². The summed E-state index contributed by atoms with van der Waals surface area (Å²) in [6.45, 7) is 0.770. The molecule has 0 unspecified atom stereocenters. The van der Waals surface area contributed by atoms with Gasteiger partial charge in [0.2, 0.25) is 0 Å². The molecule has 0 saturated carbocycles. The zero-order valence-electron chi connectivity index (χ0n) is 11.1. The number of hydrogen-bond acceptors (Lipinski definition) is 6. The van der Waals surface area contributed by atoms with Crippen molar-refractivity contribution in [2.75, 3.05) is 12.3 Å². The maximum atomic E-state index is 14.8. The number of aromatic nitrogens is 3. The average molecular weight is 408 g/mol. The third-order valence-corrected chi connectivity index (χ3v) is 4.56. The Hall–Kier alpha value is -1.04. The molecule has 0 radical (unpaired) electrons. The molecule has 3 rings (SSSR count). The van der Waals surface area contributed by atoms with Gasteiger partial charge in [-0.05, 0) is 29.5 Å². The number of alkyl halides is 1. The summed E-state index contributed by atoms with van der Waals surface area (Å²) in [6.07, 6.45) is -0.592. The van der Waals surface area contributed by atoms with Gasteiger partial charge < -0.3 is 25.3 Å². The monoisotopic (exact) mass is 408 g/mol. The Labute approximate surface area is 133 Å². The van der Waals surface area contributed by atoms with Gasteiger partial charge in [0.25, 0.3) is 0 Å². The van der Waals surface area contributed by atoms with Gasteiger partial charge in [0.15, 0.2) is 11.9 Å². The number of nitrogen functional groups attached to an aromatic ring is 1. The van der Waals surface area contributed by atoms with Crippen molar-refractivity contribution >= 4 is 39.4 Å². The Morgan fingerprint density at radius 2 is 2.29 bits per heavy atom. The van der Waals surface area contributed by atoms with Gasteiger partial charge in [0, 0.05) is 9.77 Å². The summed E-state index contributed by atoms with van der Waals surface area (Å²) in [4.78, 5) is 8.04. The van der Waals surface area contributed by atoms with Crippen LogP contribution in [0.2, 0.25) is 0 Å². The van der Waals surface area contributed by atoms with E-state index in [1.807, 2.05) is 0 Å². The Kier molecular flexibility index (Phi) is 3.55. The molecule has 3 heterocycles. The van der Waals surface area contributed by atoms with Crippen molar-refractivity contribution in [3.8, 4) is 0 Å². The SMILES string of the molecule is C[C@]1(F)[C@H](O)[C@@H](CO)O[C@H]1n1cc(I)c2c(N)ncnc21. The molecule has 9 heteroatoms. The average Bonchev–Trinajstić information content (AvgIpc) is 2.87. The lowest BCUT2D eigenvalue weighted by Crippen LogP contribution is -2.40. The molecule has 4 atom stereocenters. The number of aliphatic hydroxyl groups excluding tert-OH is 2. The fourth-order valence-corrected chi connectivity index (χ4v) is 3.42. The lowest BCUT2D eigenvalue weighted by molar-refractivity contribution is -0.0564. The van der Waals surface area contributed by atoms with Gasteiger partial charge in [-0.25, -0.2) is 14.4 Å². The molecule has 2 aromatic rings. The van der Waals surface area contributed by atoms with Crippen molar-refractivity contribution < 1.29 is 19.3 Å². The van der Waals surface area contributed by atoms with Gasteiger partial charge in [-0.2, -0.15) is 0 Å². The van der Waals surface area contributed by atoms with Crippen molar-refractivity contribution in [1.29, 1.82) is 0 Å². The molecule has 4 N–H and O–H groups in total. The summed E-state index contributed by atoms with van der Waals surface area (Å²) >= 11 is 2.05. The van der Waals surface area contributed by atoms with E-state index in [1.165, 1.54) is 17.8 Å². The molecular formula is C12H14FIN4O3. The first-order chi connectivity index (χ1) is 9.87. The van der Waals surface area contributed by atoms with Gasteiger partial charge in [0.1, 0.15) is 30.0 Å². The number of nitrogens with zero attached hydrogens (tertiary/aromatic N) is 3. The molecule has 1 aliphatic heterocycles. The van der Waals surface area contributed by atoms with Crippen molar-refractivity contribution in [3.63, 3.8) is 0 Å². The summed E-state index contributed by atoms with van der Waals surface area (Å²) in [5.74, 6) is 0.293. The molecule has 0 aliphatic carbocycles. The van der Waals surface area contributed by atoms with E-state index in [-0.39, 0.29) is 0 Å². The summed E-state index contributed by atoms with van der Waals surface area (Å²) < 4.78 is 22.5. The first kappa shape index (κ1) is 14.9. The van der Waals surface area contributed by atoms with Crippen molar-refractivity contribution in [1.82, 2.24) is 14.5 Å². The largest absolute Gasteiger partial charge is 0.394 e. The van der Waals surface area contributed by atoms with Crippen LogP contribution in [0.3, 0.4) is 0 Å². The molecule has 2 aromatic heterocycles. The van der Waals surface area contributed by atoms with E-state index in [0.29, 0.717) is 16.9 Å². The molecule has 0 aromatic carbocycles. The highest BCUT2D eigenvalue weighted by molar-refractivity contribution is 14.1. The Balaban J connectivity index is 2.15. The van der Waals surface area contributed by atoms with Crippen molar-refractivity contribution in [2.45, 2.75) is 31.0 Å². The van der Waals surface area contributed by atoms with Crippen molar-refractivity contribution in [2.24, 2.45) is 0 Å². The molecule has 1 fully saturated rings. The molecule has 0 bridgehead atoms. The highest BCUT2D eigenvalue weighted by atomic mass is 127. The third kappa shape index (κ3) is 2.10. The highest BCUT2D eigenvalue weighted by Crippen LogP contribution is 2.43. The van der Waals surface area contributed by atoms with E-state index in [1.54, 1.807) is 6.20 Å². The maximum Gasteiger partial charge on any atom is 0.181 e. The summed E-state index contributed by atoms with van der Waals surface area (Å²) in [6, 6.07) is 0. The molecule has 7 nitrogen and oxygen atoms in total. The van der Waals surface area contributed by atoms with Gasteiger partial charge in [0.05, 0.1) is 12.0 Å². The second kappa shape index (κ2) is 5.00. The number of ether oxygens (including phenoxy) is 1. The second-order valence-electron chi connectivity index (χ2n) is 5.15. The Morgan fingerprint density at radius 1 is 1.57 bits per heavy atom. The predicted molar refractivity (Wildman–Crippen MR) is 81.2 cm³/mol. The van der Waals surface area contributed by atoms with Crippen LogP contribution in [-0.4, -0.2) is 49.2 Å². The molecule has 0 amide bonds. The normalized spacial score (nSPS) is 32.9. The van der Waals surface area contributed by atoms with Gasteiger partial charge >= 0.3 is 0 Å². The van der Waals surface area contributed by atoms with Crippen LogP contribution in [0.4, 0.5) is 10.2 Å².